The van der Waals surface area contributed by atoms with Gasteiger partial charge in [0.2, 0.25) is 5.91 Å². The second-order valence-corrected chi connectivity index (χ2v) is 3.82. The van der Waals surface area contributed by atoms with Crippen LogP contribution in [0.5, 0.6) is 0 Å². The van der Waals surface area contributed by atoms with Gasteiger partial charge in [-0.2, -0.15) is 0 Å². The summed E-state index contributed by atoms with van der Waals surface area (Å²) in [6.45, 7) is 4.73. The van der Waals surface area contributed by atoms with Crippen LogP contribution < -0.4 is 10.6 Å². The fourth-order valence-corrected chi connectivity index (χ4v) is 1.35. The lowest BCUT2D eigenvalue weighted by Gasteiger charge is -2.18. The Hall–Kier alpha value is -1.83. The van der Waals surface area contributed by atoms with E-state index in [1.54, 1.807) is 4.90 Å². The van der Waals surface area contributed by atoms with E-state index in [4.69, 9.17) is 10.2 Å². The molecule has 0 heterocycles. The molecular weight excluding hydrogens is 254 g/mol. The summed E-state index contributed by atoms with van der Waals surface area (Å²) in [5.41, 5.74) is 0. The third-order valence-electron chi connectivity index (χ3n) is 2.50. The highest BCUT2D eigenvalue weighted by molar-refractivity contribution is 5.83. The van der Waals surface area contributed by atoms with Gasteiger partial charge in [-0.15, -0.1) is 0 Å². The number of aliphatic hydroxyl groups excluding tert-OH is 1. The third kappa shape index (κ3) is 7.24. The van der Waals surface area contributed by atoms with Gasteiger partial charge in [0.15, 0.2) is 6.10 Å². The van der Waals surface area contributed by atoms with E-state index in [9.17, 15) is 14.4 Å². The molecule has 1 atom stereocenters. The number of nitrogens with one attached hydrogen (secondary N) is 2. The summed E-state index contributed by atoms with van der Waals surface area (Å²) in [5.74, 6) is -1.52. The van der Waals surface area contributed by atoms with Gasteiger partial charge >= 0.3 is 12.0 Å². The molecule has 0 aliphatic heterocycles. The Morgan fingerprint density at radius 3 is 2.21 bits per heavy atom. The Labute approximate surface area is 111 Å². The molecule has 0 aromatic heterocycles. The van der Waals surface area contributed by atoms with Gasteiger partial charge in [-0.05, 0) is 13.8 Å². The number of amides is 3. The zero-order chi connectivity index (χ0) is 14.8. The van der Waals surface area contributed by atoms with Crippen molar-refractivity contribution >= 4 is 17.9 Å². The molecule has 1 unspecified atom stereocenters. The fourth-order valence-electron chi connectivity index (χ4n) is 1.35. The van der Waals surface area contributed by atoms with Crippen LogP contribution in [0.4, 0.5) is 4.79 Å². The van der Waals surface area contributed by atoms with Crippen LogP contribution in [0.3, 0.4) is 0 Å². The highest BCUT2D eigenvalue weighted by Crippen LogP contribution is 1.89. The molecule has 0 saturated heterocycles. The van der Waals surface area contributed by atoms with Crippen molar-refractivity contribution in [3.8, 4) is 0 Å². The minimum Gasteiger partial charge on any atom is -0.479 e. The maximum Gasteiger partial charge on any atom is 0.332 e. The molecule has 110 valence electrons. The molecule has 0 rings (SSSR count). The van der Waals surface area contributed by atoms with Crippen LogP contribution in [0.15, 0.2) is 0 Å². The molecule has 0 fully saturated rings. The highest BCUT2D eigenvalue weighted by Gasteiger charge is 2.13. The first-order valence-electron chi connectivity index (χ1n) is 6.12. The molecule has 0 aliphatic rings. The Bertz CT molecular complexity index is 317. The third-order valence-corrected chi connectivity index (χ3v) is 2.50. The lowest BCUT2D eigenvalue weighted by Crippen LogP contribution is -2.44. The topological polar surface area (TPSA) is 119 Å². The largest absolute Gasteiger partial charge is 0.479 e. The van der Waals surface area contributed by atoms with E-state index in [0.717, 1.165) is 0 Å². The van der Waals surface area contributed by atoms with Crippen LogP contribution in [0.1, 0.15) is 20.3 Å². The predicted octanol–water partition coefficient (Wildman–Crippen LogP) is -1.01. The zero-order valence-corrected chi connectivity index (χ0v) is 11.2. The van der Waals surface area contributed by atoms with E-state index in [1.165, 1.54) is 0 Å². The van der Waals surface area contributed by atoms with E-state index in [0.29, 0.717) is 13.1 Å². The Balaban J connectivity index is 3.82. The van der Waals surface area contributed by atoms with Crippen molar-refractivity contribution in [3.63, 3.8) is 0 Å². The number of urea groups is 1. The summed E-state index contributed by atoms with van der Waals surface area (Å²) in [4.78, 5) is 34.7. The standard InChI is InChI=1S/C11H21N3O5/c1-3-14(4-2)9(16)7-13-11(19)12-6-5-8(15)10(17)18/h8,15H,3-7H2,1-2H3,(H,17,18)(H2,12,13,19). The highest BCUT2D eigenvalue weighted by atomic mass is 16.4. The summed E-state index contributed by atoms with van der Waals surface area (Å²) in [6.07, 6.45) is -1.59. The molecule has 8 nitrogen and oxygen atoms in total. The number of carboxylic acid groups (broad SMARTS) is 1. The number of carboxylic acids is 1. The van der Waals surface area contributed by atoms with Crippen molar-refractivity contribution in [2.24, 2.45) is 0 Å². The van der Waals surface area contributed by atoms with Crippen LogP contribution in [-0.4, -0.2) is 65.3 Å². The zero-order valence-electron chi connectivity index (χ0n) is 11.2. The van der Waals surface area contributed by atoms with Crippen LogP contribution in [0.25, 0.3) is 0 Å². The van der Waals surface area contributed by atoms with Crippen LogP contribution in [-0.2, 0) is 9.59 Å². The van der Waals surface area contributed by atoms with Crippen molar-refractivity contribution in [1.82, 2.24) is 15.5 Å². The van der Waals surface area contributed by atoms with E-state index in [2.05, 4.69) is 10.6 Å². The number of rotatable bonds is 8. The second-order valence-electron chi connectivity index (χ2n) is 3.82. The van der Waals surface area contributed by atoms with Gasteiger partial charge < -0.3 is 25.7 Å². The number of aliphatic carboxylic acids is 1. The summed E-state index contributed by atoms with van der Waals surface area (Å²) < 4.78 is 0. The molecule has 0 saturated carbocycles. The van der Waals surface area contributed by atoms with Gasteiger partial charge in [-0.1, -0.05) is 0 Å². The monoisotopic (exact) mass is 275 g/mol. The number of carbonyl (C=O) groups is 3. The number of nitrogens with zero attached hydrogens (tertiary/aromatic N) is 1. The molecular formula is C11H21N3O5. The lowest BCUT2D eigenvalue weighted by atomic mass is 10.2. The van der Waals surface area contributed by atoms with Crippen molar-refractivity contribution < 1.29 is 24.6 Å². The molecule has 0 aliphatic carbocycles. The molecule has 4 N–H and O–H groups in total. The van der Waals surface area contributed by atoms with Crippen molar-refractivity contribution in [2.45, 2.75) is 26.4 Å². The summed E-state index contributed by atoms with van der Waals surface area (Å²) in [5, 5.41) is 22.1. The molecule has 0 bridgehead atoms. The Morgan fingerprint density at radius 2 is 1.74 bits per heavy atom. The van der Waals surface area contributed by atoms with E-state index in [1.807, 2.05) is 13.8 Å². The van der Waals surface area contributed by atoms with Crippen molar-refractivity contribution in [2.75, 3.05) is 26.2 Å². The van der Waals surface area contributed by atoms with Crippen LogP contribution in [0.2, 0.25) is 0 Å². The van der Waals surface area contributed by atoms with E-state index >= 15 is 0 Å². The molecule has 0 spiro atoms. The fraction of sp³-hybridized carbons (Fsp3) is 0.727. The summed E-state index contributed by atoms with van der Waals surface area (Å²) in [6, 6.07) is -0.571. The first kappa shape index (κ1) is 17.2. The molecule has 19 heavy (non-hydrogen) atoms. The van der Waals surface area contributed by atoms with Gasteiger partial charge in [0.25, 0.3) is 0 Å². The quantitative estimate of drug-likeness (QED) is 0.452. The molecule has 8 heteroatoms. The molecule has 0 aromatic rings. The Morgan fingerprint density at radius 1 is 1.16 bits per heavy atom. The van der Waals surface area contributed by atoms with Gasteiger partial charge in [0.1, 0.15) is 0 Å². The first-order chi connectivity index (χ1) is 8.92. The second kappa shape index (κ2) is 9.15. The number of hydrogen-bond acceptors (Lipinski definition) is 4. The maximum atomic E-state index is 11.5. The SMILES string of the molecule is CCN(CC)C(=O)CNC(=O)NCCC(O)C(=O)O. The summed E-state index contributed by atoms with van der Waals surface area (Å²) >= 11 is 0. The normalized spacial score (nSPS) is 11.5. The summed E-state index contributed by atoms with van der Waals surface area (Å²) in [7, 11) is 0. The van der Waals surface area contributed by atoms with Crippen LogP contribution in [0, 0.1) is 0 Å². The number of aliphatic hydroxyl groups is 1. The van der Waals surface area contributed by atoms with Gasteiger partial charge in [0.05, 0.1) is 6.54 Å². The molecule has 0 radical (unpaired) electrons. The van der Waals surface area contributed by atoms with Crippen molar-refractivity contribution in [1.29, 1.82) is 0 Å². The van der Waals surface area contributed by atoms with Gasteiger partial charge in [0, 0.05) is 26.1 Å². The minimum absolute atomic E-state index is 0.0127. The number of carbonyl (C=O) groups excluding carboxylic acids is 2. The molecule has 3 amide bonds. The predicted molar refractivity (Wildman–Crippen MR) is 67.6 cm³/mol. The number of hydrogen-bond donors (Lipinski definition) is 4. The van der Waals surface area contributed by atoms with Gasteiger partial charge in [-0.3, -0.25) is 4.79 Å². The average Bonchev–Trinajstić information content (AvgIpc) is 2.37. The van der Waals surface area contributed by atoms with E-state index in [-0.39, 0.29) is 25.4 Å². The number of likely N-dealkylation sites (N-methyl/N-ethyl adjacent to an activating group) is 1. The molecule has 0 aromatic carbocycles. The van der Waals surface area contributed by atoms with Crippen LogP contribution >= 0.6 is 0 Å². The lowest BCUT2D eigenvalue weighted by molar-refractivity contribution is -0.146. The van der Waals surface area contributed by atoms with Gasteiger partial charge in [-0.25, -0.2) is 9.59 Å². The maximum absolute atomic E-state index is 11.5. The average molecular weight is 275 g/mol. The van der Waals surface area contributed by atoms with Crippen molar-refractivity contribution in [3.05, 3.63) is 0 Å². The van der Waals surface area contributed by atoms with E-state index < -0.39 is 18.1 Å². The smallest absolute Gasteiger partial charge is 0.332 e. The minimum atomic E-state index is -1.50. The first-order valence-corrected chi connectivity index (χ1v) is 6.12. The Kier molecular flexibility index (Phi) is 8.27.